The van der Waals surface area contributed by atoms with Crippen LogP contribution in [0.25, 0.3) is 5.69 Å². The predicted octanol–water partition coefficient (Wildman–Crippen LogP) is 2.49. The van der Waals surface area contributed by atoms with Gasteiger partial charge in [-0.3, -0.25) is 0 Å². The lowest BCUT2D eigenvalue weighted by Crippen LogP contribution is -2.13. The van der Waals surface area contributed by atoms with Gasteiger partial charge in [-0.2, -0.15) is 4.68 Å². The van der Waals surface area contributed by atoms with Crippen molar-refractivity contribution in [1.82, 2.24) is 9.78 Å². The molecule has 0 radical (unpaired) electrons. The number of nitrogens with two attached hydrogens (primary N) is 1. The average Bonchev–Trinajstić information content (AvgIpc) is 2.90. The van der Waals surface area contributed by atoms with Gasteiger partial charge in [0.05, 0.1) is 18.5 Å². The van der Waals surface area contributed by atoms with Crippen LogP contribution in [0.5, 0.6) is 17.6 Å². The Hall–Kier alpha value is -3.36. The molecule has 0 amide bonds. The second-order valence-corrected chi connectivity index (χ2v) is 4.65. The third kappa shape index (κ3) is 2.91. The quantitative estimate of drug-likeness (QED) is 0.737. The fraction of sp³-hybridized carbons (Fsp3) is 0.0667. The molecule has 7 nitrogen and oxygen atoms in total. The first-order valence-corrected chi connectivity index (χ1v) is 6.65. The maximum absolute atomic E-state index is 13.6. The molecule has 0 aliphatic heterocycles. The minimum atomic E-state index is -0.958. The molecule has 0 saturated heterocycles. The lowest BCUT2D eigenvalue weighted by molar-refractivity contribution is 0.308. The number of hydrogen-bond acceptors (Lipinski definition) is 6. The number of nitrogen functional groups attached to an aromatic ring is 1. The fourth-order valence-electron chi connectivity index (χ4n) is 1.97. The van der Waals surface area contributed by atoms with Gasteiger partial charge in [0, 0.05) is 6.07 Å². The Bertz CT molecular complexity index is 952. The Morgan fingerprint density at radius 2 is 1.92 bits per heavy atom. The number of anilines is 1. The van der Waals surface area contributed by atoms with E-state index in [2.05, 4.69) is 5.10 Å². The number of aromatic nitrogens is 2. The van der Waals surface area contributed by atoms with E-state index in [-0.39, 0.29) is 11.4 Å². The first-order valence-electron chi connectivity index (χ1n) is 6.65. The minimum absolute atomic E-state index is 0.289. The maximum Gasteiger partial charge on any atom is 0.444 e. The molecule has 9 heteroatoms. The standard InChI is InChI=1S/C15H11F2N3O4/c1-22-13-5-3-9(7-11(13)18)20-15(21)24-14(19-20)23-12-4-2-8(16)6-10(12)17/h2-7H,18H2,1H3. The zero-order valence-corrected chi connectivity index (χ0v) is 12.3. The monoisotopic (exact) mass is 335 g/mol. The molecule has 0 saturated carbocycles. The van der Waals surface area contributed by atoms with Crippen LogP contribution in [0.1, 0.15) is 0 Å². The van der Waals surface area contributed by atoms with E-state index in [1.165, 1.54) is 19.2 Å². The van der Waals surface area contributed by atoms with Gasteiger partial charge in [0.1, 0.15) is 11.6 Å². The summed E-state index contributed by atoms with van der Waals surface area (Å²) in [5, 5.41) is 3.79. The summed E-state index contributed by atoms with van der Waals surface area (Å²) in [6.07, 6.45) is -0.500. The Balaban J connectivity index is 1.93. The van der Waals surface area contributed by atoms with Gasteiger partial charge in [-0.15, -0.1) is 0 Å². The minimum Gasteiger partial charge on any atom is -0.495 e. The van der Waals surface area contributed by atoms with Crippen molar-refractivity contribution in [3.05, 3.63) is 58.6 Å². The van der Waals surface area contributed by atoms with Crippen molar-refractivity contribution in [1.29, 1.82) is 0 Å². The molecule has 24 heavy (non-hydrogen) atoms. The van der Waals surface area contributed by atoms with Gasteiger partial charge in [0.15, 0.2) is 11.6 Å². The molecule has 2 N–H and O–H groups in total. The molecule has 1 aromatic heterocycles. The van der Waals surface area contributed by atoms with Crippen molar-refractivity contribution in [2.45, 2.75) is 0 Å². The van der Waals surface area contributed by atoms with Gasteiger partial charge in [0.25, 0.3) is 0 Å². The highest BCUT2D eigenvalue weighted by atomic mass is 19.1. The van der Waals surface area contributed by atoms with Crippen LogP contribution in [0.4, 0.5) is 14.5 Å². The number of halogens is 2. The molecule has 0 unspecified atom stereocenters. The number of nitrogens with zero attached hydrogens (tertiary/aromatic N) is 2. The molecule has 0 atom stereocenters. The van der Waals surface area contributed by atoms with Crippen molar-refractivity contribution < 1.29 is 22.7 Å². The van der Waals surface area contributed by atoms with Crippen molar-refractivity contribution in [3.63, 3.8) is 0 Å². The van der Waals surface area contributed by atoms with Crippen LogP contribution in [-0.4, -0.2) is 16.9 Å². The van der Waals surface area contributed by atoms with E-state index in [9.17, 15) is 13.6 Å². The number of benzene rings is 2. The highest BCUT2D eigenvalue weighted by molar-refractivity contribution is 5.57. The van der Waals surface area contributed by atoms with Crippen molar-refractivity contribution >= 4 is 5.69 Å². The van der Waals surface area contributed by atoms with Crippen LogP contribution < -0.4 is 21.0 Å². The summed E-state index contributed by atoms with van der Waals surface area (Å²) in [6.45, 7) is 0. The molecule has 0 bridgehead atoms. The van der Waals surface area contributed by atoms with Crippen LogP contribution in [0.2, 0.25) is 0 Å². The highest BCUT2D eigenvalue weighted by Crippen LogP contribution is 2.25. The fourth-order valence-corrected chi connectivity index (χ4v) is 1.97. The van der Waals surface area contributed by atoms with E-state index in [1.54, 1.807) is 6.07 Å². The Morgan fingerprint density at radius 1 is 1.17 bits per heavy atom. The van der Waals surface area contributed by atoms with Crippen molar-refractivity contribution in [2.24, 2.45) is 0 Å². The number of methoxy groups -OCH3 is 1. The van der Waals surface area contributed by atoms with E-state index in [4.69, 9.17) is 19.6 Å². The van der Waals surface area contributed by atoms with E-state index >= 15 is 0 Å². The summed E-state index contributed by atoms with van der Waals surface area (Å²) < 4.78 is 42.1. The summed E-state index contributed by atoms with van der Waals surface area (Å²) in [5.41, 5.74) is 6.36. The lowest BCUT2D eigenvalue weighted by atomic mass is 10.2. The van der Waals surface area contributed by atoms with Gasteiger partial charge < -0.3 is 19.6 Å². The van der Waals surface area contributed by atoms with Gasteiger partial charge >= 0.3 is 11.8 Å². The molecular formula is C15H11F2N3O4. The van der Waals surface area contributed by atoms with E-state index in [1.807, 2.05) is 0 Å². The predicted molar refractivity (Wildman–Crippen MR) is 79.5 cm³/mol. The largest absolute Gasteiger partial charge is 0.495 e. The smallest absolute Gasteiger partial charge is 0.444 e. The first kappa shape index (κ1) is 15.5. The molecule has 1 heterocycles. The van der Waals surface area contributed by atoms with E-state index in [0.717, 1.165) is 16.8 Å². The summed E-state index contributed by atoms with van der Waals surface area (Å²) in [5.74, 6) is -2.49. The summed E-state index contributed by atoms with van der Waals surface area (Å²) in [7, 11) is 1.46. The Kier molecular flexibility index (Phi) is 3.90. The highest BCUT2D eigenvalue weighted by Gasteiger charge is 2.15. The summed E-state index contributed by atoms with van der Waals surface area (Å²) in [4.78, 5) is 11.9. The van der Waals surface area contributed by atoms with Gasteiger partial charge in [-0.25, -0.2) is 13.6 Å². The molecule has 3 aromatic rings. The van der Waals surface area contributed by atoms with Crippen molar-refractivity contribution in [2.75, 3.05) is 12.8 Å². The number of rotatable bonds is 4. The molecule has 0 aliphatic rings. The maximum atomic E-state index is 13.6. The molecule has 2 aromatic carbocycles. The van der Waals surface area contributed by atoms with Gasteiger partial charge in [0.2, 0.25) is 0 Å². The third-order valence-corrected chi connectivity index (χ3v) is 3.08. The molecule has 0 fully saturated rings. The number of ether oxygens (including phenoxy) is 2. The topological polar surface area (TPSA) is 92.5 Å². The molecule has 3 rings (SSSR count). The molecule has 0 spiro atoms. The Labute approximate surface area is 133 Å². The molecular weight excluding hydrogens is 324 g/mol. The third-order valence-electron chi connectivity index (χ3n) is 3.08. The zero-order valence-electron chi connectivity index (χ0n) is 12.3. The second kappa shape index (κ2) is 6.03. The normalized spacial score (nSPS) is 10.6. The van der Waals surface area contributed by atoms with E-state index < -0.39 is 23.5 Å². The van der Waals surface area contributed by atoms with Crippen molar-refractivity contribution in [3.8, 4) is 23.3 Å². The van der Waals surface area contributed by atoms with Gasteiger partial charge in [-0.1, -0.05) is 5.10 Å². The van der Waals surface area contributed by atoms with Crippen LogP contribution in [-0.2, 0) is 0 Å². The lowest BCUT2D eigenvalue weighted by Gasteiger charge is -2.05. The van der Waals surface area contributed by atoms with Crippen LogP contribution >= 0.6 is 0 Å². The molecule has 0 aliphatic carbocycles. The van der Waals surface area contributed by atoms with Crippen LogP contribution in [0, 0.1) is 11.6 Å². The van der Waals surface area contributed by atoms with Crippen LogP contribution in [0.3, 0.4) is 0 Å². The number of hydrogen-bond donors (Lipinski definition) is 1. The Morgan fingerprint density at radius 3 is 2.58 bits per heavy atom. The summed E-state index contributed by atoms with van der Waals surface area (Å²) >= 11 is 0. The van der Waals surface area contributed by atoms with Crippen LogP contribution in [0.15, 0.2) is 45.6 Å². The molecule has 124 valence electrons. The van der Waals surface area contributed by atoms with E-state index in [0.29, 0.717) is 17.5 Å². The zero-order chi connectivity index (χ0) is 17.3. The second-order valence-electron chi connectivity index (χ2n) is 4.65. The first-order chi connectivity index (χ1) is 11.5. The average molecular weight is 335 g/mol. The SMILES string of the molecule is COc1ccc(-n2nc(Oc3ccc(F)cc3F)oc2=O)cc1N. The van der Waals surface area contributed by atoms with Gasteiger partial charge in [-0.05, 0) is 30.3 Å². The summed E-state index contributed by atoms with van der Waals surface area (Å²) in [6, 6.07) is 7.21.